The van der Waals surface area contributed by atoms with Crippen molar-refractivity contribution in [3.05, 3.63) is 96.7 Å². The van der Waals surface area contributed by atoms with E-state index in [-0.39, 0.29) is 51.0 Å². The molecule has 1 aromatic heterocycles. The van der Waals surface area contributed by atoms with E-state index >= 15 is 0 Å². The van der Waals surface area contributed by atoms with E-state index in [1.54, 1.807) is 0 Å². The first-order valence-corrected chi connectivity index (χ1v) is 8.28. The van der Waals surface area contributed by atoms with Gasteiger partial charge >= 0.3 is 26.2 Å². The Bertz CT molecular complexity index is 982. The minimum Gasteiger partial charge on any atom is -1.00 e. The van der Waals surface area contributed by atoms with Gasteiger partial charge in [-0.3, -0.25) is 6.08 Å². The van der Waals surface area contributed by atoms with Crippen LogP contribution in [0.1, 0.15) is 13.3 Å². The zero-order chi connectivity index (χ0) is 16.4. The smallest absolute Gasteiger partial charge is 1.00 e. The van der Waals surface area contributed by atoms with Crippen molar-refractivity contribution in [1.29, 1.82) is 0 Å². The summed E-state index contributed by atoms with van der Waals surface area (Å²) < 4.78 is 2.26. The minimum atomic E-state index is 0. The number of aromatic nitrogens is 1. The van der Waals surface area contributed by atoms with Crippen LogP contribution >= 0.6 is 0 Å². The molecule has 0 spiro atoms. The summed E-state index contributed by atoms with van der Waals surface area (Å²) in [5, 5.41) is 3.88. The van der Waals surface area contributed by atoms with Gasteiger partial charge in [0.2, 0.25) is 0 Å². The molecule has 27 heavy (non-hydrogen) atoms. The number of para-hydroxylation sites is 1. The van der Waals surface area contributed by atoms with Gasteiger partial charge in [0.1, 0.15) is 0 Å². The summed E-state index contributed by atoms with van der Waals surface area (Å²) in [4.78, 5) is 0. The summed E-state index contributed by atoms with van der Waals surface area (Å²) in [6.07, 6.45) is 10.5. The number of hydrogen-bond donors (Lipinski definition) is 0. The molecule has 0 atom stereocenters. The standard InChI is InChI=1S/C17H12N.C6H7.2ClH.Zr/c1-3-7-15-13(5-1)9-10-17(15)18-12-11-14-6-2-4-8-16(14)18;1-6-4-2-3-5-6;;;/h1-12H;2,4H,3H2,1H3;2*1H;/q2*-1;;;+4/p-2. The average molecular weight is 472 g/mol. The van der Waals surface area contributed by atoms with Crippen molar-refractivity contribution in [2.24, 2.45) is 0 Å². The summed E-state index contributed by atoms with van der Waals surface area (Å²) in [6.45, 7) is 2.06. The molecule has 0 fully saturated rings. The summed E-state index contributed by atoms with van der Waals surface area (Å²) in [6, 6.07) is 23.5. The first-order chi connectivity index (χ1) is 11.8. The predicted molar refractivity (Wildman–Crippen MR) is 103 cm³/mol. The zero-order valence-corrected chi connectivity index (χ0v) is 19.0. The molecule has 0 aliphatic heterocycles. The monoisotopic (exact) mass is 469 g/mol. The summed E-state index contributed by atoms with van der Waals surface area (Å²) in [5.74, 6) is 0. The summed E-state index contributed by atoms with van der Waals surface area (Å²) >= 11 is 0. The Labute approximate surface area is 192 Å². The molecule has 1 heterocycles. The zero-order valence-electron chi connectivity index (χ0n) is 15.0. The number of nitrogens with zero attached hydrogens (tertiary/aromatic N) is 1. The molecule has 0 radical (unpaired) electrons. The fourth-order valence-electron chi connectivity index (χ4n) is 3.15. The van der Waals surface area contributed by atoms with E-state index in [2.05, 4.69) is 103 Å². The quantitative estimate of drug-likeness (QED) is 0.350. The van der Waals surface area contributed by atoms with Crippen molar-refractivity contribution in [2.75, 3.05) is 0 Å². The average Bonchev–Trinajstić information content (AvgIpc) is 3.34. The van der Waals surface area contributed by atoms with E-state index in [9.17, 15) is 0 Å². The molecule has 0 unspecified atom stereocenters. The maximum absolute atomic E-state index is 3.12. The molecule has 1 nitrogen and oxygen atoms in total. The molecule has 1 aliphatic rings. The molecule has 0 saturated heterocycles. The van der Waals surface area contributed by atoms with Gasteiger partial charge in [-0.25, -0.2) is 11.6 Å². The summed E-state index contributed by atoms with van der Waals surface area (Å²) in [5.41, 5.74) is 3.79. The van der Waals surface area contributed by atoms with Gasteiger partial charge in [0.05, 0.1) is 0 Å². The van der Waals surface area contributed by atoms with Gasteiger partial charge in [0.15, 0.2) is 0 Å². The number of allylic oxidation sites excluding steroid dienone is 4. The molecule has 0 amide bonds. The van der Waals surface area contributed by atoms with Crippen LogP contribution in [0.2, 0.25) is 0 Å². The van der Waals surface area contributed by atoms with Crippen molar-refractivity contribution < 1.29 is 51.0 Å². The molecule has 0 N–H and O–H groups in total. The predicted octanol–water partition coefficient (Wildman–Crippen LogP) is 0.204. The fraction of sp³-hybridized carbons (Fsp3) is 0.0870. The Morgan fingerprint density at radius 1 is 0.889 bits per heavy atom. The van der Waals surface area contributed by atoms with E-state index in [0.717, 1.165) is 6.42 Å². The Morgan fingerprint density at radius 2 is 1.59 bits per heavy atom. The Morgan fingerprint density at radius 3 is 2.26 bits per heavy atom. The van der Waals surface area contributed by atoms with Crippen LogP contribution in [-0.4, -0.2) is 4.57 Å². The number of rotatable bonds is 1. The van der Waals surface area contributed by atoms with Crippen molar-refractivity contribution >= 4 is 21.7 Å². The third-order valence-corrected chi connectivity index (χ3v) is 4.38. The van der Waals surface area contributed by atoms with Gasteiger partial charge in [-0.15, -0.1) is 18.6 Å². The third kappa shape index (κ3) is 5.08. The molecule has 4 aromatic rings. The second-order valence-corrected chi connectivity index (χ2v) is 6.02. The Balaban J connectivity index is 0.000000354. The molecular formula is C23H19Cl2NZr. The first-order valence-electron chi connectivity index (χ1n) is 8.28. The summed E-state index contributed by atoms with van der Waals surface area (Å²) in [7, 11) is 0. The molecule has 134 valence electrons. The SMILES string of the molecule is CC1=[C-]CC=C1.[Cl-].[Cl-].[Zr+4].c1ccc2c(c1)cc[c-]2-n1ccc2ccccc21. The first kappa shape index (κ1) is 23.6. The minimum absolute atomic E-state index is 0. The number of halogens is 2. The van der Waals surface area contributed by atoms with Crippen molar-refractivity contribution in [2.45, 2.75) is 13.3 Å². The van der Waals surface area contributed by atoms with Gasteiger partial charge in [0.25, 0.3) is 0 Å². The van der Waals surface area contributed by atoms with Crippen LogP contribution in [0.4, 0.5) is 0 Å². The molecule has 0 saturated carbocycles. The van der Waals surface area contributed by atoms with Crippen LogP contribution < -0.4 is 24.8 Å². The van der Waals surface area contributed by atoms with E-state index < -0.39 is 0 Å². The number of hydrogen-bond acceptors (Lipinski definition) is 0. The molecule has 4 heteroatoms. The van der Waals surface area contributed by atoms with E-state index in [1.165, 1.54) is 32.9 Å². The largest absolute Gasteiger partial charge is 4.00 e. The fourth-order valence-corrected chi connectivity index (χ4v) is 3.15. The van der Waals surface area contributed by atoms with Gasteiger partial charge in [-0.1, -0.05) is 72.3 Å². The maximum Gasteiger partial charge on any atom is 4.00 e. The van der Waals surface area contributed by atoms with Gasteiger partial charge in [-0.05, 0) is 22.8 Å². The molecule has 5 rings (SSSR count). The second kappa shape index (κ2) is 10.8. The molecule has 0 bridgehead atoms. The van der Waals surface area contributed by atoms with Gasteiger partial charge < -0.3 is 29.4 Å². The van der Waals surface area contributed by atoms with Gasteiger partial charge in [-0.2, -0.15) is 6.08 Å². The third-order valence-electron chi connectivity index (χ3n) is 4.38. The van der Waals surface area contributed by atoms with Gasteiger partial charge in [0, 0.05) is 0 Å². The van der Waals surface area contributed by atoms with Crippen LogP contribution in [0.25, 0.3) is 27.4 Å². The number of fused-ring (bicyclic) bond motifs is 2. The topological polar surface area (TPSA) is 4.93 Å². The van der Waals surface area contributed by atoms with E-state index in [4.69, 9.17) is 0 Å². The van der Waals surface area contributed by atoms with E-state index in [0.29, 0.717) is 0 Å². The van der Waals surface area contributed by atoms with Crippen molar-refractivity contribution in [3.8, 4) is 5.69 Å². The van der Waals surface area contributed by atoms with Crippen LogP contribution in [0.5, 0.6) is 0 Å². The van der Waals surface area contributed by atoms with Crippen LogP contribution in [-0.2, 0) is 26.2 Å². The Hall–Kier alpha value is -1.47. The normalized spacial score (nSPS) is 11.7. The van der Waals surface area contributed by atoms with Crippen LogP contribution in [0.3, 0.4) is 0 Å². The second-order valence-electron chi connectivity index (χ2n) is 6.02. The molecule has 3 aromatic carbocycles. The molecule has 1 aliphatic carbocycles. The van der Waals surface area contributed by atoms with Crippen LogP contribution in [0, 0.1) is 6.08 Å². The number of benzene rings is 2. The maximum atomic E-state index is 3.12. The van der Waals surface area contributed by atoms with Crippen LogP contribution in [0.15, 0.2) is 90.7 Å². The van der Waals surface area contributed by atoms with E-state index in [1.807, 2.05) is 0 Å². The van der Waals surface area contributed by atoms with Crippen molar-refractivity contribution in [3.63, 3.8) is 0 Å². The van der Waals surface area contributed by atoms with Crippen molar-refractivity contribution in [1.82, 2.24) is 4.57 Å². The Kier molecular flexibility index (Phi) is 9.39. The molecular weight excluding hydrogens is 452 g/mol.